The number of aromatic amines is 1. The fraction of sp³-hybridized carbons (Fsp3) is 0.0909. The topological polar surface area (TPSA) is 128 Å². The molecule has 9 heteroatoms. The summed E-state index contributed by atoms with van der Waals surface area (Å²) in [6, 6.07) is 18.6. The molecule has 0 saturated heterocycles. The van der Waals surface area contributed by atoms with Gasteiger partial charge < -0.3 is 15.8 Å². The molecule has 0 unspecified atom stereocenters. The molecule has 4 N–H and O–H groups in total. The smallest absolute Gasteiger partial charge is 0.276 e. The summed E-state index contributed by atoms with van der Waals surface area (Å²) >= 11 is 0. The number of H-pyrrole nitrogens is 1. The average Bonchev–Trinajstić information content (AvgIpc) is 3.39. The van der Waals surface area contributed by atoms with E-state index in [0.29, 0.717) is 5.69 Å². The largest absolute Gasteiger partial charge is 0.497 e. The molecule has 0 bridgehead atoms. The van der Waals surface area contributed by atoms with Crippen LogP contribution in [-0.2, 0) is 0 Å². The highest BCUT2D eigenvalue weighted by Gasteiger charge is 2.21. The van der Waals surface area contributed by atoms with Crippen LogP contribution < -0.4 is 15.8 Å². The molecule has 31 heavy (non-hydrogen) atoms. The van der Waals surface area contributed by atoms with Gasteiger partial charge in [-0.25, -0.2) is 4.68 Å². The first-order valence-electron chi connectivity index (χ1n) is 9.44. The van der Waals surface area contributed by atoms with E-state index < -0.39 is 11.8 Å². The molecule has 0 aliphatic carbocycles. The van der Waals surface area contributed by atoms with Crippen LogP contribution in [0.5, 0.6) is 5.75 Å². The first kappa shape index (κ1) is 19.9. The number of primary amides is 1. The number of methoxy groups -OCH3 is 1. The molecule has 4 rings (SSSR count). The predicted octanol–water partition coefficient (Wildman–Crippen LogP) is 2.93. The zero-order valence-corrected chi connectivity index (χ0v) is 16.9. The summed E-state index contributed by atoms with van der Waals surface area (Å²) in [6.45, 7) is 1.68. The minimum Gasteiger partial charge on any atom is -0.497 e. The number of anilines is 1. The van der Waals surface area contributed by atoms with Gasteiger partial charge in [-0.05, 0) is 49.4 Å². The molecule has 156 valence electrons. The van der Waals surface area contributed by atoms with Crippen molar-refractivity contribution in [2.75, 3.05) is 12.4 Å². The average molecular weight is 416 g/mol. The van der Waals surface area contributed by atoms with Crippen molar-refractivity contribution in [2.24, 2.45) is 5.73 Å². The quantitative estimate of drug-likeness (QED) is 0.445. The van der Waals surface area contributed by atoms with E-state index >= 15 is 0 Å². The van der Waals surface area contributed by atoms with E-state index in [1.54, 1.807) is 24.8 Å². The zero-order valence-electron chi connectivity index (χ0n) is 16.9. The van der Waals surface area contributed by atoms with Gasteiger partial charge in [0.2, 0.25) is 0 Å². The van der Waals surface area contributed by atoms with E-state index in [0.717, 1.165) is 22.7 Å². The molecule has 0 spiro atoms. The van der Waals surface area contributed by atoms with Gasteiger partial charge in [0, 0.05) is 5.56 Å². The number of aromatic nitrogens is 4. The summed E-state index contributed by atoms with van der Waals surface area (Å²) in [5.41, 5.74) is 8.60. The summed E-state index contributed by atoms with van der Waals surface area (Å²) in [5, 5.41) is 13.7. The Kier molecular flexibility index (Phi) is 5.23. The van der Waals surface area contributed by atoms with E-state index in [1.807, 2.05) is 54.6 Å². The first-order valence-corrected chi connectivity index (χ1v) is 9.44. The van der Waals surface area contributed by atoms with Crippen molar-refractivity contribution in [1.29, 1.82) is 0 Å². The SMILES string of the molecule is COc1ccc(-c2cc(C(=O)Nc3c(C(N)=O)n[nH]c3C)nn2-c2ccccc2)cc1. The van der Waals surface area contributed by atoms with Gasteiger partial charge in [-0.3, -0.25) is 14.7 Å². The van der Waals surface area contributed by atoms with Gasteiger partial charge in [0.25, 0.3) is 11.8 Å². The fourth-order valence-electron chi connectivity index (χ4n) is 3.16. The summed E-state index contributed by atoms with van der Waals surface area (Å²) < 4.78 is 6.92. The number of amides is 2. The first-order chi connectivity index (χ1) is 15.0. The number of hydrogen-bond acceptors (Lipinski definition) is 5. The van der Waals surface area contributed by atoms with Crippen LogP contribution in [0.25, 0.3) is 16.9 Å². The maximum atomic E-state index is 13.0. The molecular formula is C22H20N6O3. The Morgan fingerprint density at radius 2 is 1.81 bits per heavy atom. The molecule has 0 aliphatic heterocycles. The van der Waals surface area contributed by atoms with Crippen LogP contribution in [-0.4, -0.2) is 38.9 Å². The van der Waals surface area contributed by atoms with Crippen LogP contribution in [0.2, 0.25) is 0 Å². The normalized spacial score (nSPS) is 10.6. The second-order valence-corrected chi connectivity index (χ2v) is 6.78. The summed E-state index contributed by atoms with van der Waals surface area (Å²) in [4.78, 5) is 24.6. The number of hydrogen-bond donors (Lipinski definition) is 3. The monoisotopic (exact) mass is 416 g/mol. The lowest BCUT2D eigenvalue weighted by Gasteiger charge is -2.08. The van der Waals surface area contributed by atoms with Crippen LogP contribution in [0.3, 0.4) is 0 Å². The highest BCUT2D eigenvalue weighted by Crippen LogP contribution is 2.27. The van der Waals surface area contributed by atoms with Crippen LogP contribution in [0.4, 0.5) is 5.69 Å². The van der Waals surface area contributed by atoms with E-state index in [1.165, 1.54) is 0 Å². The van der Waals surface area contributed by atoms with Gasteiger partial charge in [0.05, 0.1) is 29.9 Å². The third-order valence-corrected chi connectivity index (χ3v) is 4.75. The van der Waals surface area contributed by atoms with E-state index in [2.05, 4.69) is 20.6 Å². The molecule has 9 nitrogen and oxygen atoms in total. The van der Waals surface area contributed by atoms with Crippen molar-refractivity contribution in [2.45, 2.75) is 6.92 Å². The van der Waals surface area contributed by atoms with Crippen molar-refractivity contribution in [1.82, 2.24) is 20.0 Å². The third kappa shape index (κ3) is 3.88. The number of nitrogens with zero attached hydrogens (tertiary/aromatic N) is 3. The highest BCUT2D eigenvalue weighted by molar-refractivity contribution is 6.08. The van der Waals surface area contributed by atoms with Gasteiger partial charge in [0.1, 0.15) is 5.75 Å². The Morgan fingerprint density at radius 1 is 1.10 bits per heavy atom. The maximum Gasteiger partial charge on any atom is 0.276 e. The summed E-state index contributed by atoms with van der Waals surface area (Å²) in [7, 11) is 1.60. The van der Waals surface area contributed by atoms with E-state index in [-0.39, 0.29) is 17.1 Å². The van der Waals surface area contributed by atoms with Crippen molar-refractivity contribution in [3.63, 3.8) is 0 Å². The summed E-state index contributed by atoms with van der Waals surface area (Å²) in [6.07, 6.45) is 0. The number of aryl methyl sites for hydroxylation is 1. The van der Waals surface area contributed by atoms with Crippen LogP contribution in [0.1, 0.15) is 26.7 Å². The Balaban J connectivity index is 1.75. The lowest BCUT2D eigenvalue weighted by Crippen LogP contribution is -2.18. The number of nitrogens with one attached hydrogen (secondary N) is 2. The van der Waals surface area contributed by atoms with Gasteiger partial charge in [0.15, 0.2) is 11.4 Å². The lowest BCUT2D eigenvalue weighted by molar-refractivity contribution is 0.0996. The molecule has 2 heterocycles. The minimum absolute atomic E-state index is 0.0382. The standard InChI is InChI=1S/C22H20N6O3/c1-13-19(20(21(23)29)26-25-13)24-22(30)17-12-18(14-8-10-16(31-2)11-9-14)28(27-17)15-6-4-3-5-7-15/h3-12H,1-2H3,(H2,23,29)(H,24,30)(H,25,26). The van der Waals surface area contributed by atoms with Crippen molar-refractivity contribution < 1.29 is 14.3 Å². The fourth-order valence-corrected chi connectivity index (χ4v) is 3.16. The van der Waals surface area contributed by atoms with Gasteiger partial charge in [-0.15, -0.1) is 0 Å². The number of nitrogens with two attached hydrogens (primary N) is 1. The lowest BCUT2D eigenvalue weighted by atomic mass is 10.1. The molecule has 0 saturated carbocycles. The van der Waals surface area contributed by atoms with Gasteiger partial charge >= 0.3 is 0 Å². The molecule has 2 aromatic heterocycles. The number of carbonyl (C=O) groups is 2. The second kappa shape index (κ2) is 8.15. The van der Waals surface area contributed by atoms with Crippen LogP contribution in [0.15, 0.2) is 60.7 Å². The number of para-hydroxylation sites is 1. The maximum absolute atomic E-state index is 13.0. The molecule has 0 atom stereocenters. The van der Waals surface area contributed by atoms with Crippen LogP contribution >= 0.6 is 0 Å². The molecule has 2 aromatic carbocycles. The zero-order chi connectivity index (χ0) is 22.0. The molecule has 0 aliphatic rings. The van der Waals surface area contributed by atoms with Crippen molar-refractivity contribution in [3.05, 3.63) is 77.7 Å². The highest BCUT2D eigenvalue weighted by atomic mass is 16.5. The number of carbonyl (C=O) groups excluding carboxylic acids is 2. The van der Waals surface area contributed by atoms with Crippen LogP contribution in [0, 0.1) is 6.92 Å². The predicted molar refractivity (Wildman–Crippen MR) is 115 cm³/mol. The molecular weight excluding hydrogens is 396 g/mol. The third-order valence-electron chi connectivity index (χ3n) is 4.75. The summed E-state index contributed by atoms with van der Waals surface area (Å²) in [5.74, 6) is -0.508. The Labute approximate surface area is 177 Å². The second-order valence-electron chi connectivity index (χ2n) is 6.78. The van der Waals surface area contributed by atoms with Gasteiger partial charge in [-0.2, -0.15) is 10.2 Å². The molecule has 4 aromatic rings. The number of rotatable bonds is 6. The van der Waals surface area contributed by atoms with Crippen molar-refractivity contribution in [3.8, 4) is 22.7 Å². The molecule has 0 radical (unpaired) electrons. The number of benzene rings is 2. The minimum atomic E-state index is -0.742. The van der Waals surface area contributed by atoms with E-state index in [4.69, 9.17) is 10.5 Å². The van der Waals surface area contributed by atoms with E-state index in [9.17, 15) is 9.59 Å². The molecule has 0 fully saturated rings. The van der Waals surface area contributed by atoms with Gasteiger partial charge in [-0.1, -0.05) is 18.2 Å². The molecule has 2 amide bonds. The number of ether oxygens (including phenoxy) is 1. The Hall–Kier alpha value is -4.40. The Bertz CT molecular complexity index is 1240. The Morgan fingerprint density at radius 3 is 2.45 bits per heavy atom. The van der Waals surface area contributed by atoms with Crippen molar-refractivity contribution >= 4 is 17.5 Å².